The lowest BCUT2D eigenvalue weighted by molar-refractivity contribution is 0.381. The van der Waals surface area contributed by atoms with Crippen LogP contribution in [-0.4, -0.2) is 4.98 Å². The summed E-state index contributed by atoms with van der Waals surface area (Å²) in [7, 11) is 0. The lowest BCUT2D eigenvalue weighted by atomic mass is 9.91. The Morgan fingerprint density at radius 1 is 0.821 bits per heavy atom. The largest absolute Gasteiger partial charge is 0.383 e. The minimum atomic E-state index is -2.28. The maximum atomic E-state index is 14.4. The van der Waals surface area contributed by atoms with E-state index in [0.29, 0.717) is 5.56 Å². The molecule has 0 bridgehead atoms. The Kier molecular flexibility index (Phi) is 4.77. The third-order valence-electron chi connectivity index (χ3n) is 4.37. The zero-order chi connectivity index (χ0) is 20.7. The Bertz CT molecular complexity index is 1120. The van der Waals surface area contributed by atoms with E-state index in [2.05, 4.69) is 4.98 Å². The van der Waals surface area contributed by atoms with Gasteiger partial charge in [-0.1, -0.05) is 29.8 Å². The third kappa shape index (κ3) is 2.85. The zero-order valence-electron chi connectivity index (χ0n) is 14.7. The molecule has 28 heavy (non-hydrogen) atoms. The van der Waals surface area contributed by atoms with E-state index in [1.165, 1.54) is 6.92 Å². The van der Waals surface area contributed by atoms with Crippen LogP contribution in [0.4, 0.5) is 27.8 Å². The second-order valence-electron chi connectivity index (χ2n) is 6.14. The van der Waals surface area contributed by atoms with E-state index < -0.39 is 45.8 Å². The SMILES string of the molecule is Cc1ccc(-c2nc(N)c(C#N)c(-c3c(F)c(F)c(F)c(F)c3F)c2C)cc1. The van der Waals surface area contributed by atoms with E-state index in [0.717, 1.165) is 5.56 Å². The van der Waals surface area contributed by atoms with Crippen LogP contribution in [0.5, 0.6) is 0 Å². The highest BCUT2D eigenvalue weighted by atomic mass is 19.2. The summed E-state index contributed by atoms with van der Waals surface area (Å²) in [5, 5.41) is 9.38. The van der Waals surface area contributed by atoms with E-state index in [1.54, 1.807) is 30.3 Å². The van der Waals surface area contributed by atoms with Gasteiger partial charge in [-0.25, -0.2) is 26.9 Å². The van der Waals surface area contributed by atoms with E-state index in [9.17, 15) is 27.2 Å². The van der Waals surface area contributed by atoms with Crippen molar-refractivity contribution in [3.8, 4) is 28.5 Å². The Morgan fingerprint density at radius 2 is 1.32 bits per heavy atom. The third-order valence-corrected chi connectivity index (χ3v) is 4.37. The van der Waals surface area contributed by atoms with Crippen molar-refractivity contribution in [1.29, 1.82) is 5.26 Å². The first kappa shape index (κ1) is 19.3. The molecule has 0 saturated heterocycles. The fourth-order valence-electron chi connectivity index (χ4n) is 2.94. The fraction of sp³-hybridized carbons (Fsp3) is 0.100. The summed E-state index contributed by atoms with van der Waals surface area (Å²) in [5.74, 6) is -11.0. The molecule has 1 aromatic heterocycles. The summed E-state index contributed by atoms with van der Waals surface area (Å²) in [4.78, 5) is 4.10. The number of rotatable bonds is 2. The molecule has 2 N–H and O–H groups in total. The summed E-state index contributed by atoms with van der Waals surface area (Å²) < 4.78 is 69.7. The number of pyridine rings is 1. The van der Waals surface area contributed by atoms with Gasteiger partial charge in [0.05, 0.1) is 11.3 Å². The Balaban J connectivity index is 2.46. The van der Waals surface area contributed by atoms with E-state index >= 15 is 0 Å². The minimum absolute atomic E-state index is 0.0535. The number of aromatic nitrogens is 1. The molecule has 2 aromatic carbocycles. The van der Waals surface area contributed by atoms with Crippen molar-refractivity contribution < 1.29 is 22.0 Å². The molecule has 8 heteroatoms. The number of benzene rings is 2. The Labute approximate surface area is 156 Å². The van der Waals surface area contributed by atoms with Gasteiger partial charge in [-0.3, -0.25) is 0 Å². The molecular weight excluding hydrogens is 377 g/mol. The number of nitrogen functional groups attached to an aromatic ring is 1. The number of nitrogens with zero attached hydrogens (tertiary/aromatic N) is 2. The summed E-state index contributed by atoms with van der Waals surface area (Å²) in [6, 6.07) is 8.48. The lowest BCUT2D eigenvalue weighted by Crippen LogP contribution is -2.09. The monoisotopic (exact) mass is 389 g/mol. The zero-order valence-corrected chi connectivity index (χ0v) is 14.7. The van der Waals surface area contributed by atoms with Gasteiger partial charge in [-0.15, -0.1) is 0 Å². The molecule has 0 radical (unpaired) electrons. The van der Waals surface area contributed by atoms with Gasteiger partial charge in [0, 0.05) is 11.1 Å². The van der Waals surface area contributed by atoms with Crippen LogP contribution < -0.4 is 5.73 Å². The number of halogens is 5. The Hall–Kier alpha value is -3.47. The number of anilines is 1. The van der Waals surface area contributed by atoms with Gasteiger partial charge in [0.2, 0.25) is 5.82 Å². The van der Waals surface area contributed by atoms with Crippen LogP contribution in [0.25, 0.3) is 22.4 Å². The number of hydrogen-bond acceptors (Lipinski definition) is 3. The molecule has 0 aliphatic heterocycles. The predicted molar refractivity (Wildman–Crippen MR) is 93.5 cm³/mol. The molecule has 0 fully saturated rings. The van der Waals surface area contributed by atoms with Crippen LogP contribution >= 0.6 is 0 Å². The van der Waals surface area contributed by atoms with Crippen LogP contribution in [0, 0.1) is 54.3 Å². The van der Waals surface area contributed by atoms with Crippen molar-refractivity contribution in [2.24, 2.45) is 0 Å². The second kappa shape index (κ2) is 6.93. The van der Waals surface area contributed by atoms with Crippen molar-refractivity contribution in [2.45, 2.75) is 13.8 Å². The molecule has 0 atom stereocenters. The van der Waals surface area contributed by atoms with Gasteiger partial charge in [0.15, 0.2) is 23.3 Å². The molecule has 0 aliphatic rings. The molecule has 142 valence electrons. The van der Waals surface area contributed by atoms with E-state index in [1.807, 2.05) is 6.92 Å². The van der Waals surface area contributed by atoms with Crippen LogP contribution in [-0.2, 0) is 0 Å². The first-order valence-corrected chi connectivity index (χ1v) is 7.98. The molecule has 0 amide bonds. The first-order chi connectivity index (χ1) is 13.2. The molecular formula is C20H12F5N3. The molecule has 0 unspecified atom stereocenters. The van der Waals surface area contributed by atoms with Crippen LogP contribution in [0.15, 0.2) is 24.3 Å². The number of nitriles is 1. The van der Waals surface area contributed by atoms with Crippen molar-refractivity contribution in [2.75, 3.05) is 5.73 Å². The molecule has 3 rings (SSSR count). The highest BCUT2D eigenvalue weighted by molar-refractivity contribution is 5.84. The smallest absolute Gasteiger partial charge is 0.200 e. The molecule has 0 spiro atoms. The molecule has 3 nitrogen and oxygen atoms in total. The summed E-state index contributed by atoms with van der Waals surface area (Å²) in [6.07, 6.45) is 0. The average Bonchev–Trinajstić information content (AvgIpc) is 2.68. The van der Waals surface area contributed by atoms with Gasteiger partial charge in [-0.2, -0.15) is 5.26 Å². The maximum absolute atomic E-state index is 14.4. The molecule has 1 heterocycles. The van der Waals surface area contributed by atoms with Crippen molar-refractivity contribution in [3.63, 3.8) is 0 Å². The summed E-state index contributed by atoms with van der Waals surface area (Å²) in [6.45, 7) is 3.22. The van der Waals surface area contributed by atoms with Crippen LogP contribution in [0.1, 0.15) is 16.7 Å². The summed E-state index contributed by atoms with van der Waals surface area (Å²) in [5.41, 5.74) is 5.25. The van der Waals surface area contributed by atoms with E-state index in [-0.39, 0.29) is 17.1 Å². The average molecular weight is 389 g/mol. The molecule has 0 aliphatic carbocycles. The van der Waals surface area contributed by atoms with Crippen molar-refractivity contribution in [1.82, 2.24) is 4.98 Å². The highest BCUT2D eigenvalue weighted by Gasteiger charge is 2.30. The van der Waals surface area contributed by atoms with Crippen molar-refractivity contribution in [3.05, 3.63) is 70.0 Å². The lowest BCUT2D eigenvalue weighted by Gasteiger charge is -2.17. The quantitative estimate of drug-likeness (QED) is 0.373. The van der Waals surface area contributed by atoms with Gasteiger partial charge < -0.3 is 5.73 Å². The predicted octanol–water partition coefficient (Wildman–Crippen LogP) is 5.18. The van der Waals surface area contributed by atoms with E-state index in [4.69, 9.17) is 5.73 Å². The molecule has 3 aromatic rings. The highest BCUT2D eigenvalue weighted by Crippen LogP contribution is 2.40. The Morgan fingerprint density at radius 3 is 1.82 bits per heavy atom. The fourth-order valence-corrected chi connectivity index (χ4v) is 2.94. The maximum Gasteiger partial charge on any atom is 0.200 e. The number of nitrogens with two attached hydrogens (primary N) is 1. The number of hydrogen-bond donors (Lipinski definition) is 1. The van der Waals surface area contributed by atoms with Gasteiger partial charge in [0.25, 0.3) is 0 Å². The van der Waals surface area contributed by atoms with Gasteiger partial charge in [0.1, 0.15) is 17.5 Å². The minimum Gasteiger partial charge on any atom is -0.383 e. The van der Waals surface area contributed by atoms with Crippen LogP contribution in [0.2, 0.25) is 0 Å². The molecule has 0 saturated carbocycles. The normalized spacial score (nSPS) is 10.8. The summed E-state index contributed by atoms with van der Waals surface area (Å²) >= 11 is 0. The first-order valence-electron chi connectivity index (χ1n) is 7.98. The topological polar surface area (TPSA) is 62.7 Å². The second-order valence-corrected chi connectivity index (χ2v) is 6.14. The van der Waals surface area contributed by atoms with Crippen molar-refractivity contribution >= 4 is 5.82 Å². The van der Waals surface area contributed by atoms with Crippen LogP contribution in [0.3, 0.4) is 0 Å². The van der Waals surface area contributed by atoms with Gasteiger partial charge >= 0.3 is 0 Å². The van der Waals surface area contributed by atoms with Gasteiger partial charge in [-0.05, 0) is 19.4 Å². The standard InChI is InChI=1S/C20H12F5N3/c1-8-3-5-10(6-4-8)19-9(2)12(11(7-26)20(27)28-19)13-14(21)16(23)18(25)17(24)15(13)22/h3-6H,1-2H3,(H2,27,28). The number of aryl methyl sites for hydroxylation is 1.